The van der Waals surface area contributed by atoms with Crippen molar-refractivity contribution in [3.8, 4) is 0 Å². The van der Waals surface area contributed by atoms with Crippen molar-refractivity contribution in [2.45, 2.75) is 32.2 Å². The minimum Gasteiger partial charge on any atom is -0.339 e. The molecule has 2 fully saturated rings. The largest absolute Gasteiger partial charge is 0.339 e. The van der Waals surface area contributed by atoms with E-state index in [-0.39, 0.29) is 23.5 Å². The average molecular weight is 410 g/mol. The molecule has 1 N–H and O–H groups in total. The van der Waals surface area contributed by atoms with Crippen LogP contribution >= 0.6 is 0 Å². The van der Waals surface area contributed by atoms with Crippen LogP contribution in [0.2, 0.25) is 0 Å². The van der Waals surface area contributed by atoms with Crippen molar-refractivity contribution >= 4 is 17.5 Å². The van der Waals surface area contributed by atoms with E-state index in [2.05, 4.69) is 10.2 Å². The molecule has 30 heavy (non-hydrogen) atoms. The Balaban J connectivity index is 1.40. The summed E-state index contributed by atoms with van der Waals surface area (Å²) < 4.78 is 13.1. The molecule has 0 aromatic heterocycles. The number of nitrogens with zero attached hydrogens (tertiary/aromatic N) is 2. The fourth-order valence-corrected chi connectivity index (χ4v) is 4.37. The third-order valence-electron chi connectivity index (χ3n) is 6.00. The summed E-state index contributed by atoms with van der Waals surface area (Å²) in [5.74, 6) is -0.420. The van der Waals surface area contributed by atoms with E-state index in [1.807, 2.05) is 17.0 Å². The van der Waals surface area contributed by atoms with Gasteiger partial charge in [-0.15, -0.1) is 0 Å². The molecule has 0 aliphatic carbocycles. The number of para-hydroxylation sites is 1. The number of carbonyl (C=O) groups is 2. The number of halogens is 1. The number of hydrogen-bond donors (Lipinski definition) is 1. The Morgan fingerprint density at radius 3 is 2.47 bits per heavy atom. The van der Waals surface area contributed by atoms with Crippen molar-refractivity contribution < 1.29 is 14.0 Å². The van der Waals surface area contributed by atoms with Crippen LogP contribution < -0.4 is 5.32 Å². The van der Waals surface area contributed by atoms with Crippen LogP contribution in [0, 0.1) is 11.7 Å². The number of piperidine rings is 1. The van der Waals surface area contributed by atoms with Crippen LogP contribution in [-0.4, -0.2) is 47.8 Å². The summed E-state index contributed by atoms with van der Waals surface area (Å²) in [6.45, 7) is 3.84. The maximum absolute atomic E-state index is 13.1. The first-order chi connectivity index (χ1) is 14.6. The Labute approximate surface area is 176 Å². The molecule has 2 aromatic carbocycles. The fraction of sp³-hybridized carbons (Fsp3) is 0.417. The lowest BCUT2D eigenvalue weighted by Crippen LogP contribution is -2.40. The Bertz CT molecular complexity index is 894. The van der Waals surface area contributed by atoms with Crippen molar-refractivity contribution in [3.63, 3.8) is 0 Å². The number of carbonyl (C=O) groups excluding carboxylic acids is 2. The van der Waals surface area contributed by atoms with E-state index < -0.39 is 0 Å². The Kier molecular flexibility index (Phi) is 6.43. The van der Waals surface area contributed by atoms with E-state index in [0.29, 0.717) is 24.3 Å². The second kappa shape index (κ2) is 9.39. The van der Waals surface area contributed by atoms with E-state index in [1.165, 1.54) is 12.1 Å². The number of likely N-dealkylation sites (tertiary alicyclic amines) is 2. The quantitative estimate of drug-likeness (QED) is 0.815. The van der Waals surface area contributed by atoms with E-state index in [4.69, 9.17) is 0 Å². The monoisotopic (exact) mass is 409 g/mol. The van der Waals surface area contributed by atoms with Gasteiger partial charge in [-0.25, -0.2) is 4.39 Å². The molecule has 2 amide bonds. The molecule has 1 atom stereocenters. The van der Waals surface area contributed by atoms with Crippen LogP contribution in [-0.2, 0) is 11.3 Å². The van der Waals surface area contributed by atoms with Crippen LogP contribution in [0.4, 0.5) is 10.1 Å². The molecule has 0 radical (unpaired) electrons. The molecule has 1 unspecified atom stereocenters. The summed E-state index contributed by atoms with van der Waals surface area (Å²) in [7, 11) is 0. The molecule has 2 aliphatic heterocycles. The standard InChI is InChI=1S/C24H28FN3O2/c25-20-11-9-18(10-12-20)16-27-13-5-6-19(17-27)23(29)26-22-8-2-1-7-21(22)24(30)28-14-3-4-15-28/h1-2,7-12,19H,3-6,13-17H2,(H,26,29). The summed E-state index contributed by atoms with van der Waals surface area (Å²) in [6, 6.07) is 13.8. The highest BCUT2D eigenvalue weighted by molar-refractivity contribution is 6.04. The molecule has 5 nitrogen and oxygen atoms in total. The van der Waals surface area contributed by atoms with E-state index in [0.717, 1.165) is 50.9 Å². The Morgan fingerprint density at radius 2 is 1.70 bits per heavy atom. The Morgan fingerprint density at radius 1 is 0.967 bits per heavy atom. The number of amides is 2. The van der Waals surface area contributed by atoms with Gasteiger partial charge in [0.2, 0.25) is 5.91 Å². The zero-order valence-corrected chi connectivity index (χ0v) is 17.1. The van der Waals surface area contributed by atoms with Gasteiger partial charge in [-0.3, -0.25) is 14.5 Å². The topological polar surface area (TPSA) is 52.7 Å². The minimum absolute atomic E-state index is 0.00928. The molecule has 2 aromatic rings. The molecule has 6 heteroatoms. The molecule has 2 saturated heterocycles. The van der Waals surface area contributed by atoms with Gasteiger partial charge in [0.15, 0.2) is 0 Å². The molecule has 2 heterocycles. The normalized spacial score (nSPS) is 19.6. The molecule has 0 saturated carbocycles. The van der Waals surface area contributed by atoms with Gasteiger partial charge in [0, 0.05) is 26.2 Å². The van der Waals surface area contributed by atoms with Crippen LogP contribution in [0.5, 0.6) is 0 Å². The SMILES string of the molecule is O=C(Nc1ccccc1C(=O)N1CCCC1)C1CCCN(Cc2ccc(F)cc2)C1. The first-order valence-electron chi connectivity index (χ1n) is 10.8. The molecule has 0 spiro atoms. The van der Waals surface area contributed by atoms with Gasteiger partial charge in [0.1, 0.15) is 5.82 Å². The van der Waals surface area contributed by atoms with Gasteiger partial charge in [0.05, 0.1) is 17.2 Å². The van der Waals surface area contributed by atoms with E-state index in [1.54, 1.807) is 24.3 Å². The lowest BCUT2D eigenvalue weighted by atomic mass is 9.96. The maximum atomic E-state index is 13.1. The average Bonchev–Trinajstić information content (AvgIpc) is 3.30. The highest BCUT2D eigenvalue weighted by atomic mass is 19.1. The highest BCUT2D eigenvalue weighted by Gasteiger charge is 2.28. The first kappa shape index (κ1) is 20.5. The third-order valence-corrected chi connectivity index (χ3v) is 6.00. The molecule has 0 bridgehead atoms. The number of hydrogen-bond acceptors (Lipinski definition) is 3. The predicted molar refractivity (Wildman–Crippen MR) is 115 cm³/mol. The summed E-state index contributed by atoms with van der Waals surface area (Å²) in [5.41, 5.74) is 2.20. The summed E-state index contributed by atoms with van der Waals surface area (Å²) in [4.78, 5) is 29.9. The van der Waals surface area contributed by atoms with E-state index in [9.17, 15) is 14.0 Å². The fourth-order valence-electron chi connectivity index (χ4n) is 4.37. The first-order valence-corrected chi connectivity index (χ1v) is 10.8. The van der Waals surface area contributed by atoms with Crippen LogP contribution in [0.1, 0.15) is 41.6 Å². The maximum Gasteiger partial charge on any atom is 0.255 e. The van der Waals surface area contributed by atoms with Gasteiger partial charge < -0.3 is 10.2 Å². The minimum atomic E-state index is -0.239. The number of rotatable bonds is 5. The lowest BCUT2D eigenvalue weighted by molar-refractivity contribution is -0.121. The van der Waals surface area contributed by atoms with Crippen molar-refractivity contribution in [1.82, 2.24) is 9.80 Å². The number of anilines is 1. The molecule has 158 valence electrons. The molecular formula is C24H28FN3O2. The summed E-state index contributed by atoms with van der Waals surface area (Å²) in [6.07, 6.45) is 3.83. The van der Waals surface area contributed by atoms with Crippen LogP contribution in [0.3, 0.4) is 0 Å². The van der Waals surface area contributed by atoms with Gasteiger partial charge in [-0.1, -0.05) is 24.3 Å². The zero-order chi connectivity index (χ0) is 20.9. The lowest BCUT2D eigenvalue weighted by Gasteiger charge is -2.32. The smallest absolute Gasteiger partial charge is 0.255 e. The highest BCUT2D eigenvalue weighted by Crippen LogP contribution is 2.24. The van der Waals surface area contributed by atoms with Crippen molar-refractivity contribution in [2.75, 3.05) is 31.5 Å². The second-order valence-electron chi connectivity index (χ2n) is 8.23. The Hall–Kier alpha value is -2.73. The molecular weight excluding hydrogens is 381 g/mol. The second-order valence-corrected chi connectivity index (χ2v) is 8.23. The zero-order valence-electron chi connectivity index (χ0n) is 17.1. The predicted octanol–water partition coefficient (Wildman–Crippen LogP) is 3.91. The van der Waals surface area contributed by atoms with Gasteiger partial charge in [-0.05, 0) is 62.1 Å². The number of nitrogens with one attached hydrogen (secondary N) is 1. The van der Waals surface area contributed by atoms with Crippen LogP contribution in [0.15, 0.2) is 48.5 Å². The van der Waals surface area contributed by atoms with Gasteiger partial charge >= 0.3 is 0 Å². The molecule has 4 rings (SSSR count). The van der Waals surface area contributed by atoms with Crippen LogP contribution in [0.25, 0.3) is 0 Å². The van der Waals surface area contributed by atoms with Gasteiger partial charge in [0.25, 0.3) is 5.91 Å². The van der Waals surface area contributed by atoms with Crippen molar-refractivity contribution in [1.29, 1.82) is 0 Å². The summed E-state index contributed by atoms with van der Waals surface area (Å²) >= 11 is 0. The summed E-state index contributed by atoms with van der Waals surface area (Å²) in [5, 5.41) is 3.01. The third kappa shape index (κ3) is 4.87. The van der Waals surface area contributed by atoms with Crippen molar-refractivity contribution in [2.24, 2.45) is 5.92 Å². The van der Waals surface area contributed by atoms with Crippen molar-refractivity contribution in [3.05, 3.63) is 65.5 Å². The van der Waals surface area contributed by atoms with Gasteiger partial charge in [-0.2, -0.15) is 0 Å². The molecule has 2 aliphatic rings. The van der Waals surface area contributed by atoms with E-state index >= 15 is 0 Å². The number of benzene rings is 2.